The number of hydrogen-bond donors (Lipinski definition) is 2. The molecule has 1 amide bonds. The maximum atomic E-state index is 12.3. The summed E-state index contributed by atoms with van der Waals surface area (Å²) in [5.41, 5.74) is 2.59. The quantitative estimate of drug-likeness (QED) is 0.812. The number of carbonyl (C=O) groups is 1. The average Bonchev–Trinajstić information content (AvgIpc) is 3.26. The molecule has 25 heavy (non-hydrogen) atoms. The van der Waals surface area contributed by atoms with Crippen LogP contribution in [0.1, 0.15) is 42.9 Å². The van der Waals surface area contributed by atoms with Crippen molar-refractivity contribution in [2.45, 2.75) is 33.1 Å². The molecule has 0 radical (unpaired) electrons. The Morgan fingerprint density at radius 1 is 1.48 bits per heavy atom. The Morgan fingerprint density at radius 2 is 2.36 bits per heavy atom. The molecule has 2 aromatic heterocycles. The maximum Gasteiger partial charge on any atom is 0.269 e. The summed E-state index contributed by atoms with van der Waals surface area (Å²) in [6, 6.07) is 3.91. The van der Waals surface area contributed by atoms with Gasteiger partial charge in [-0.1, -0.05) is 13.8 Å². The van der Waals surface area contributed by atoms with E-state index in [1.807, 2.05) is 12.1 Å². The highest BCUT2D eigenvalue weighted by atomic mass is 16.1. The van der Waals surface area contributed by atoms with Crippen LogP contribution in [0.2, 0.25) is 0 Å². The van der Waals surface area contributed by atoms with Crippen molar-refractivity contribution in [1.82, 2.24) is 20.3 Å². The predicted molar refractivity (Wildman–Crippen MR) is 98.6 cm³/mol. The van der Waals surface area contributed by atoms with Gasteiger partial charge in [0.1, 0.15) is 5.69 Å². The second-order valence-electron chi connectivity index (χ2n) is 7.21. The number of H-pyrrole nitrogens is 1. The van der Waals surface area contributed by atoms with Crippen molar-refractivity contribution >= 4 is 11.6 Å². The first-order valence-corrected chi connectivity index (χ1v) is 9.08. The minimum atomic E-state index is -0.126. The van der Waals surface area contributed by atoms with Crippen molar-refractivity contribution in [3.8, 4) is 0 Å². The molecule has 134 valence electrons. The van der Waals surface area contributed by atoms with E-state index in [4.69, 9.17) is 0 Å². The number of imidazole rings is 1. The van der Waals surface area contributed by atoms with Crippen LogP contribution in [0.25, 0.3) is 0 Å². The molecule has 1 aliphatic heterocycles. The molecule has 0 saturated carbocycles. The minimum Gasteiger partial charge on any atom is -0.371 e. The van der Waals surface area contributed by atoms with Crippen LogP contribution >= 0.6 is 0 Å². The maximum absolute atomic E-state index is 12.3. The number of hydrogen-bond acceptors (Lipinski definition) is 4. The number of nitrogens with zero attached hydrogens (tertiary/aromatic N) is 3. The Hall–Kier alpha value is -2.37. The average molecular weight is 341 g/mol. The van der Waals surface area contributed by atoms with E-state index in [0.29, 0.717) is 12.2 Å². The third kappa shape index (κ3) is 4.81. The smallest absolute Gasteiger partial charge is 0.269 e. The van der Waals surface area contributed by atoms with Gasteiger partial charge in [0.15, 0.2) is 0 Å². The molecule has 1 atom stereocenters. The number of anilines is 1. The van der Waals surface area contributed by atoms with E-state index in [2.05, 4.69) is 39.0 Å². The van der Waals surface area contributed by atoms with E-state index in [0.717, 1.165) is 42.7 Å². The van der Waals surface area contributed by atoms with Gasteiger partial charge in [-0.3, -0.25) is 9.78 Å². The molecule has 3 rings (SSSR count). The lowest BCUT2D eigenvalue weighted by molar-refractivity contribution is 0.0949. The standard InChI is InChI=1S/C19H27N5O/c1-14(2)9-15-5-8-24(12-15)17-4-7-21-18(10-17)19(25)22-6-3-16-11-20-13-23-16/h4,7,10-11,13-15H,3,5-6,8-9,12H2,1-2H3,(H,20,23)(H,22,25)/t15-/m0/s1. The van der Waals surface area contributed by atoms with Gasteiger partial charge in [0.2, 0.25) is 0 Å². The van der Waals surface area contributed by atoms with Gasteiger partial charge in [0.05, 0.1) is 6.33 Å². The Bertz CT molecular complexity index is 683. The third-order valence-corrected chi connectivity index (χ3v) is 4.67. The highest BCUT2D eigenvalue weighted by Crippen LogP contribution is 2.27. The zero-order chi connectivity index (χ0) is 17.6. The first-order chi connectivity index (χ1) is 12.1. The van der Waals surface area contributed by atoms with Crippen molar-refractivity contribution in [1.29, 1.82) is 0 Å². The molecule has 0 aromatic carbocycles. The van der Waals surface area contributed by atoms with Crippen molar-refractivity contribution in [3.63, 3.8) is 0 Å². The lowest BCUT2D eigenvalue weighted by Crippen LogP contribution is -2.27. The second kappa shape index (κ2) is 8.14. The topological polar surface area (TPSA) is 73.9 Å². The highest BCUT2D eigenvalue weighted by Gasteiger charge is 2.24. The summed E-state index contributed by atoms with van der Waals surface area (Å²) in [5, 5.41) is 2.92. The summed E-state index contributed by atoms with van der Waals surface area (Å²) >= 11 is 0. The number of aromatic nitrogens is 3. The van der Waals surface area contributed by atoms with Gasteiger partial charge in [-0.25, -0.2) is 4.98 Å². The fourth-order valence-electron chi connectivity index (χ4n) is 3.49. The summed E-state index contributed by atoms with van der Waals surface area (Å²) in [7, 11) is 0. The monoisotopic (exact) mass is 341 g/mol. The fraction of sp³-hybridized carbons (Fsp3) is 0.526. The van der Waals surface area contributed by atoms with Crippen molar-refractivity contribution in [3.05, 3.63) is 42.2 Å². The number of nitrogens with one attached hydrogen (secondary N) is 2. The van der Waals surface area contributed by atoms with Gasteiger partial charge in [-0.2, -0.15) is 0 Å². The lowest BCUT2D eigenvalue weighted by atomic mass is 9.97. The van der Waals surface area contributed by atoms with Gasteiger partial charge in [0, 0.05) is 49.8 Å². The molecular formula is C19H27N5O. The predicted octanol–water partition coefficient (Wildman–Crippen LogP) is 2.65. The molecule has 3 heterocycles. The van der Waals surface area contributed by atoms with E-state index in [9.17, 15) is 4.79 Å². The van der Waals surface area contributed by atoms with E-state index in [-0.39, 0.29) is 5.91 Å². The number of rotatable bonds is 7. The normalized spacial score (nSPS) is 17.2. The zero-order valence-corrected chi connectivity index (χ0v) is 15.0. The van der Waals surface area contributed by atoms with E-state index in [1.54, 1.807) is 18.7 Å². The summed E-state index contributed by atoms with van der Waals surface area (Å²) < 4.78 is 0. The molecular weight excluding hydrogens is 314 g/mol. The summed E-state index contributed by atoms with van der Waals surface area (Å²) in [6.07, 6.45) is 8.37. The fourth-order valence-corrected chi connectivity index (χ4v) is 3.49. The SMILES string of the molecule is CC(C)C[C@@H]1CCN(c2ccnc(C(=O)NCCc3cnc[nH]3)c2)C1. The Balaban J connectivity index is 1.55. The van der Waals surface area contributed by atoms with E-state index in [1.165, 1.54) is 12.8 Å². The molecule has 2 N–H and O–H groups in total. The van der Waals surface area contributed by atoms with Crippen LogP contribution in [0, 0.1) is 11.8 Å². The van der Waals surface area contributed by atoms with E-state index < -0.39 is 0 Å². The molecule has 1 saturated heterocycles. The Morgan fingerprint density at radius 3 is 3.12 bits per heavy atom. The highest BCUT2D eigenvalue weighted by molar-refractivity contribution is 5.93. The number of amides is 1. The van der Waals surface area contributed by atoms with Crippen molar-refractivity contribution < 1.29 is 4.79 Å². The van der Waals surface area contributed by atoms with Crippen LogP contribution in [-0.2, 0) is 6.42 Å². The summed E-state index contributed by atoms with van der Waals surface area (Å²) in [6.45, 7) is 7.25. The molecule has 0 bridgehead atoms. The number of carbonyl (C=O) groups excluding carboxylic acids is 1. The molecule has 0 unspecified atom stereocenters. The van der Waals surface area contributed by atoms with Gasteiger partial charge in [-0.15, -0.1) is 0 Å². The van der Waals surface area contributed by atoms with Gasteiger partial charge in [-0.05, 0) is 36.8 Å². The number of aromatic amines is 1. The molecule has 1 aliphatic rings. The van der Waals surface area contributed by atoms with Crippen LogP contribution < -0.4 is 10.2 Å². The molecule has 0 aliphatic carbocycles. The molecule has 6 heteroatoms. The molecule has 0 spiro atoms. The Labute approximate surface area is 149 Å². The second-order valence-corrected chi connectivity index (χ2v) is 7.21. The van der Waals surface area contributed by atoms with Crippen LogP contribution in [0.3, 0.4) is 0 Å². The molecule has 2 aromatic rings. The van der Waals surface area contributed by atoms with Crippen LogP contribution in [0.4, 0.5) is 5.69 Å². The van der Waals surface area contributed by atoms with Gasteiger partial charge >= 0.3 is 0 Å². The number of pyridine rings is 1. The van der Waals surface area contributed by atoms with Crippen LogP contribution in [0.15, 0.2) is 30.9 Å². The van der Waals surface area contributed by atoms with Gasteiger partial charge in [0.25, 0.3) is 5.91 Å². The van der Waals surface area contributed by atoms with E-state index >= 15 is 0 Å². The van der Waals surface area contributed by atoms with Crippen LogP contribution in [0.5, 0.6) is 0 Å². The lowest BCUT2D eigenvalue weighted by Gasteiger charge is -2.19. The largest absolute Gasteiger partial charge is 0.371 e. The third-order valence-electron chi connectivity index (χ3n) is 4.67. The zero-order valence-electron chi connectivity index (χ0n) is 15.0. The van der Waals surface area contributed by atoms with Crippen LogP contribution in [-0.4, -0.2) is 40.5 Å². The van der Waals surface area contributed by atoms with Crippen molar-refractivity contribution in [2.75, 3.05) is 24.5 Å². The first-order valence-electron chi connectivity index (χ1n) is 9.08. The Kier molecular flexibility index (Phi) is 5.68. The summed E-state index contributed by atoms with van der Waals surface area (Å²) in [5.74, 6) is 1.36. The molecule has 6 nitrogen and oxygen atoms in total. The van der Waals surface area contributed by atoms with Crippen molar-refractivity contribution in [2.24, 2.45) is 11.8 Å². The first kappa shape index (κ1) is 17.5. The minimum absolute atomic E-state index is 0.126. The van der Waals surface area contributed by atoms with Gasteiger partial charge < -0.3 is 15.2 Å². The summed E-state index contributed by atoms with van der Waals surface area (Å²) in [4.78, 5) is 25.9. The molecule has 1 fully saturated rings.